The Morgan fingerprint density at radius 3 is 2.36 bits per heavy atom. The van der Waals surface area contributed by atoms with E-state index in [0.717, 1.165) is 25.7 Å². The molecule has 2 aliphatic rings. The first-order valence-electron chi connectivity index (χ1n) is 8.03. The Morgan fingerprint density at radius 2 is 1.77 bits per heavy atom. The summed E-state index contributed by atoms with van der Waals surface area (Å²) in [6.07, 6.45) is 8.04. The zero-order chi connectivity index (χ0) is 15.7. The second kappa shape index (κ2) is 6.03. The largest absolute Gasteiger partial charge is 0.333 e. The van der Waals surface area contributed by atoms with Crippen LogP contribution in [-0.2, 0) is 15.6 Å². The summed E-state index contributed by atoms with van der Waals surface area (Å²) < 4.78 is 22.9. The molecule has 2 saturated carbocycles. The van der Waals surface area contributed by atoms with E-state index in [1.54, 1.807) is 24.3 Å². The lowest BCUT2D eigenvalue weighted by Crippen LogP contribution is -2.40. The van der Waals surface area contributed by atoms with Crippen molar-refractivity contribution in [3.63, 3.8) is 0 Å². The SMILES string of the molecule is CS(=O)(=O)Cc1cccc(C(=O)N(C2CCCC2)C2CC2)c1. The molecule has 0 atom stereocenters. The first-order valence-corrected chi connectivity index (χ1v) is 10.1. The molecule has 120 valence electrons. The Morgan fingerprint density at radius 1 is 1.14 bits per heavy atom. The summed E-state index contributed by atoms with van der Waals surface area (Å²) >= 11 is 0. The van der Waals surface area contributed by atoms with Gasteiger partial charge >= 0.3 is 0 Å². The van der Waals surface area contributed by atoms with Gasteiger partial charge in [-0.15, -0.1) is 0 Å². The molecule has 0 heterocycles. The molecule has 0 N–H and O–H groups in total. The molecule has 1 aromatic carbocycles. The van der Waals surface area contributed by atoms with E-state index in [1.807, 2.05) is 0 Å². The van der Waals surface area contributed by atoms with E-state index < -0.39 is 9.84 Å². The molecule has 0 bridgehead atoms. The number of sulfone groups is 1. The Hall–Kier alpha value is -1.36. The van der Waals surface area contributed by atoms with E-state index in [-0.39, 0.29) is 11.7 Å². The highest BCUT2D eigenvalue weighted by Crippen LogP contribution is 2.35. The number of benzene rings is 1. The van der Waals surface area contributed by atoms with Crippen molar-refractivity contribution in [1.82, 2.24) is 4.90 Å². The first-order chi connectivity index (χ1) is 10.4. The molecule has 1 amide bonds. The van der Waals surface area contributed by atoms with Crippen LogP contribution in [0.3, 0.4) is 0 Å². The zero-order valence-corrected chi connectivity index (χ0v) is 13.8. The van der Waals surface area contributed by atoms with Gasteiger partial charge < -0.3 is 4.90 Å². The van der Waals surface area contributed by atoms with E-state index >= 15 is 0 Å². The fourth-order valence-electron chi connectivity index (χ4n) is 3.41. The molecule has 0 radical (unpaired) electrons. The lowest BCUT2D eigenvalue weighted by Gasteiger charge is -2.29. The molecule has 4 nitrogen and oxygen atoms in total. The van der Waals surface area contributed by atoms with Crippen LogP contribution in [0.25, 0.3) is 0 Å². The van der Waals surface area contributed by atoms with E-state index in [1.165, 1.54) is 19.1 Å². The summed E-state index contributed by atoms with van der Waals surface area (Å²) in [6, 6.07) is 7.88. The summed E-state index contributed by atoms with van der Waals surface area (Å²) in [4.78, 5) is 15.0. The van der Waals surface area contributed by atoms with Gasteiger partial charge in [-0.3, -0.25) is 4.79 Å². The maximum atomic E-state index is 12.9. The number of hydrogen-bond donors (Lipinski definition) is 0. The highest BCUT2D eigenvalue weighted by molar-refractivity contribution is 7.89. The van der Waals surface area contributed by atoms with Gasteiger partial charge in [0.2, 0.25) is 0 Å². The minimum absolute atomic E-state index is 0.0129. The molecule has 3 rings (SSSR count). The summed E-state index contributed by atoms with van der Waals surface area (Å²) in [5.74, 6) is 0.0609. The Kier molecular flexibility index (Phi) is 4.26. The molecule has 0 saturated heterocycles. The van der Waals surface area contributed by atoms with Crippen LogP contribution in [0.4, 0.5) is 0 Å². The molecule has 0 unspecified atom stereocenters. The van der Waals surface area contributed by atoms with Crippen LogP contribution in [-0.4, -0.2) is 37.6 Å². The quantitative estimate of drug-likeness (QED) is 0.838. The summed E-state index contributed by atoms with van der Waals surface area (Å²) in [5.41, 5.74) is 1.32. The third-order valence-electron chi connectivity index (χ3n) is 4.50. The number of hydrogen-bond acceptors (Lipinski definition) is 3. The second-order valence-electron chi connectivity index (χ2n) is 6.65. The fraction of sp³-hybridized carbons (Fsp3) is 0.588. The molecule has 0 aliphatic heterocycles. The van der Waals surface area contributed by atoms with Crippen LogP contribution in [0.1, 0.15) is 54.4 Å². The average molecular weight is 321 g/mol. The van der Waals surface area contributed by atoms with Crippen molar-refractivity contribution < 1.29 is 13.2 Å². The van der Waals surface area contributed by atoms with Gasteiger partial charge in [0.25, 0.3) is 5.91 Å². The van der Waals surface area contributed by atoms with Gasteiger partial charge in [0.15, 0.2) is 9.84 Å². The van der Waals surface area contributed by atoms with Crippen LogP contribution >= 0.6 is 0 Å². The van der Waals surface area contributed by atoms with E-state index in [9.17, 15) is 13.2 Å². The molecule has 0 spiro atoms. The predicted molar refractivity (Wildman–Crippen MR) is 86.4 cm³/mol. The number of rotatable bonds is 5. The lowest BCUT2D eigenvalue weighted by molar-refractivity contribution is 0.0664. The maximum absolute atomic E-state index is 12.9. The minimum atomic E-state index is -3.08. The highest BCUT2D eigenvalue weighted by atomic mass is 32.2. The lowest BCUT2D eigenvalue weighted by atomic mass is 10.1. The molecular formula is C17H23NO3S. The highest BCUT2D eigenvalue weighted by Gasteiger charge is 2.38. The number of nitrogens with zero attached hydrogens (tertiary/aromatic N) is 1. The van der Waals surface area contributed by atoms with Crippen LogP contribution in [0.5, 0.6) is 0 Å². The normalized spacial score (nSPS) is 19.3. The van der Waals surface area contributed by atoms with Gasteiger partial charge in [0, 0.05) is 23.9 Å². The minimum Gasteiger partial charge on any atom is -0.333 e. The van der Waals surface area contributed by atoms with Crippen molar-refractivity contribution in [2.45, 2.75) is 56.4 Å². The van der Waals surface area contributed by atoms with Gasteiger partial charge in [-0.25, -0.2) is 8.42 Å². The summed E-state index contributed by atoms with van der Waals surface area (Å²) in [7, 11) is -3.08. The van der Waals surface area contributed by atoms with E-state index in [2.05, 4.69) is 4.90 Å². The summed E-state index contributed by atoms with van der Waals surface area (Å²) in [5, 5.41) is 0. The third kappa shape index (κ3) is 3.69. The van der Waals surface area contributed by atoms with Gasteiger partial charge in [-0.2, -0.15) is 0 Å². The maximum Gasteiger partial charge on any atom is 0.254 e. The van der Waals surface area contributed by atoms with Gasteiger partial charge in [0.1, 0.15) is 0 Å². The first kappa shape index (κ1) is 15.5. The van der Waals surface area contributed by atoms with Crippen molar-refractivity contribution in [3.05, 3.63) is 35.4 Å². The smallest absolute Gasteiger partial charge is 0.254 e. The Labute approximate surface area is 132 Å². The van der Waals surface area contributed by atoms with Gasteiger partial charge in [0.05, 0.1) is 5.75 Å². The van der Waals surface area contributed by atoms with Crippen molar-refractivity contribution in [1.29, 1.82) is 0 Å². The molecular weight excluding hydrogens is 298 g/mol. The van der Waals surface area contributed by atoms with Crippen molar-refractivity contribution >= 4 is 15.7 Å². The van der Waals surface area contributed by atoms with Crippen LogP contribution < -0.4 is 0 Å². The number of amides is 1. The Bertz CT molecular complexity index is 658. The number of carbonyl (C=O) groups excluding carboxylic acids is 1. The van der Waals surface area contributed by atoms with Crippen molar-refractivity contribution in [2.24, 2.45) is 0 Å². The van der Waals surface area contributed by atoms with Crippen LogP contribution in [0.15, 0.2) is 24.3 Å². The third-order valence-corrected chi connectivity index (χ3v) is 5.35. The fourth-order valence-corrected chi connectivity index (χ4v) is 4.20. The van der Waals surface area contributed by atoms with Crippen molar-refractivity contribution in [3.8, 4) is 0 Å². The molecule has 22 heavy (non-hydrogen) atoms. The van der Waals surface area contributed by atoms with Crippen LogP contribution in [0, 0.1) is 0 Å². The predicted octanol–water partition coefficient (Wildman–Crippen LogP) is 2.78. The topological polar surface area (TPSA) is 54.5 Å². The molecule has 5 heteroatoms. The standard InChI is InChI=1S/C17H23NO3S/c1-22(20,21)12-13-5-4-6-14(11-13)17(19)18(16-9-10-16)15-7-2-3-8-15/h4-6,11,15-16H,2-3,7-10,12H2,1H3. The molecule has 2 aliphatic carbocycles. The molecule has 2 fully saturated rings. The average Bonchev–Trinajstić information content (AvgIpc) is 3.12. The summed E-state index contributed by atoms with van der Waals surface area (Å²) in [6.45, 7) is 0. The van der Waals surface area contributed by atoms with Crippen LogP contribution in [0.2, 0.25) is 0 Å². The van der Waals surface area contributed by atoms with Crippen molar-refractivity contribution in [2.75, 3.05) is 6.26 Å². The van der Waals surface area contributed by atoms with E-state index in [4.69, 9.17) is 0 Å². The van der Waals surface area contributed by atoms with Gasteiger partial charge in [-0.05, 0) is 43.4 Å². The number of carbonyl (C=O) groups is 1. The van der Waals surface area contributed by atoms with Gasteiger partial charge in [-0.1, -0.05) is 25.0 Å². The second-order valence-corrected chi connectivity index (χ2v) is 8.79. The monoisotopic (exact) mass is 321 g/mol. The van der Waals surface area contributed by atoms with E-state index in [0.29, 0.717) is 23.2 Å². The molecule has 1 aromatic rings. The molecule has 0 aromatic heterocycles. The Balaban J connectivity index is 1.82. The zero-order valence-electron chi connectivity index (χ0n) is 13.0.